The van der Waals surface area contributed by atoms with Gasteiger partial charge in [-0.3, -0.25) is 9.36 Å². The molecular weight excluding hydrogens is 611 g/mol. The van der Waals surface area contributed by atoms with E-state index >= 15 is 0 Å². The second-order valence-electron chi connectivity index (χ2n) is 10.5. The molecule has 6 rings (SSSR count). The van der Waals surface area contributed by atoms with Gasteiger partial charge in [-0.15, -0.1) is 26.6 Å². The number of nitrogens with zero attached hydrogens (tertiary/aromatic N) is 5. The van der Waals surface area contributed by atoms with Crippen molar-refractivity contribution < 1.29 is 39.9 Å². The number of aryl methyl sites for hydroxylation is 2. The van der Waals surface area contributed by atoms with Gasteiger partial charge < -0.3 is 15.4 Å². The van der Waals surface area contributed by atoms with Crippen LogP contribution in [-0.4, -0.2) is 63.6 Å². The minimum atomic E-state index is -4.27. The Morgan fingerprint density at radius 1 is 1.29 bits per heavy atom. The van der Waals surface area contributed by atoms with Crippen LogP contribution in [-0.2, 0) is 34.7 Å². The van der Waals surface area contributed by atoms with Crippen molar-refractivity contribution in [2.75, 3.05) is 10.6 Å². The fourth-order valence-electron chi connectivity index (χ4n) is 5.18. The van der Waals surface area contributed by atoms with Gasteiger partial charge in [0.15, 0.2) is 0 Å². The van der Waals surface area contributed by atoms with Crippen molar-refractivity contribution in [3.63, 3.8) is 0 Å². The minimum Gasteiger partial charge on any atom is -0.415 e. The number of amides is 1. The Kier molecular flexibility index (Phi) is 7.16. The van der Waals surface area contributed by atoms with Gasteiger partial charge in [0.25, 0.3) is 5.92 Å². The number of fused-ring (bicyclic) bond motifs is 1. The molecule has 0 unspecified atom stereocenters. The molecule has 228 valence electrons. The Balaban J connectivity index is 1.28. The molecule has 2 atom stereocenters. The molecule has 2 fully saturated rings. The molecule has 2 saturated carbocycles. The van der Waals surface area contributed by atoms with Crippen molar-refractivity contribution >= 4 is 44.0 Å². The van der Waals surface area contributed by atoms with Crippen LogP contribution in [0.15, 0.2) is 17.3 Å². The molecule has 3 aliphatic carbocycles. The number of carbonyl (C=O) groups excluding carboxylic acids is 1. The number of anilines is 3. The molecule has 42 heavy (non-hydrogen) atoms. The molecule has 0 aliphatic heterocycles. The highest BCUT2D eigenvalue weighted by atomic mass is 32.2. The van der Waals surface area contributed by atoms with Gasteiger partial charge in [-0.2, -0.15) is 8.78 Å². The molecule has 12 nitrogen and oxygen atoms in total. The topological polar surface area (TPSA) is 145 Å². The average Bonchev–Trinajstić information content (AvgIpc) is 3.23. The third-order valence-corrected chi connectivity index (χ3v) is 10.5. The van der Waals surface area contributed by atoms with Gasteiger partial charge >= 0.3 is 6.61 Å². The fraction of sp³-hybridized carbons (Fsp3) is 0.565. The summed E-state index contributed by atoms with van der Waals surface area (Å²) in [7, 11) is -2.76. The first-order valence-electron chi connectivity index (χ1n) is 13.0. The van der Waals surface area contributed by atoms with Gasteiger partial charge in [0, 0.05) is 36.5 Å². The molecule has 3 aliphatic rings. The molecule has 19 heteroatoms. The summed E-state index contributed by atoms with van der Waals surface area (Å²) in [6.07, 6.45) is 0.792. The van der Waals surface area contributed by atoms with Gasteiger partial charge in [-0.1, -0.05) is 0 Å². The second kappa shape index (κ2) is 10.4. The number of halogens is 5. The van der Waals surface area contributed by atoms with E-state index in [1.165, 1.54) is 24.1 Å². The Bertz CT molecular complexity index is 1620. The number of alkyl halides is 5. The van der Waals surface area contributed by atoms with Crippen molar-refractivity contribution in [3.05, 3.63) is 22.8 Å². The van der Waals surface area contributed by atoms with E-state index in [0.717, 1.165) is 11.3 Å². The van der Waals surface area contributed by atoms with E-state index in [4.69, 9.17) is 0 Å². The van der Waals surface area contributed by atoms with Crippen molar-refractivity contribution in [1.82, 2.24) is 29.3 Å². The molecule has 0 spiro atoms. The maximum absolute atomic E-state index is 13.6. The van der Waals surface area contributed by atoms with E-state index in [9.17, 15) is 35.2 Å². The average molecular weight is 637 g/mol. The van der Waals surface area contributed by atoms with Gasteiger partial charge in [0.05, 0.1) is 0 Å². The first-order valence-corrected chi connectivity index (χ1v) is 15.3. The number of hydrogen-bond donors (Lipinski definition) is 3. The number of hydrogen-bond acceptors (Lipinski definition) is 9. The van der Waals surface area contributed by atoms with Gasteiger partial charge in [-0.25, -0.2) is 31.0 Å². The number of nitrogens with one attached hydrogen (secondary N) is 3. The largest absolute Gasteiger partial charge is 0.415 e. The monoisotopic (exact) mass is 636 g/mol. The minimum absolute atomic E-state index is 0.0119. The third-order valence-electron chi connectivity index (χ3n) is 7.51. The lowest BCUT2D eigenvalue weighted by molar-refractivity contribution is -0.119. The normalized spacial score (nSPS) is 24.6. The Hall–Kier alpha value is -3.32. The van der Waals surface area contributed by atoms with Crippen molar-refractivity contribution in [1.29, 1.82) is 0 Å². The van der Waals surface area contributed by atoms with Crippen LogP contribution in [0.3, 0.4) is 0 Å². The van der Waals surface area contributed by atoms with Gasteiger partial charge in [-0.05, 0) is 37.7 Å². The van der Waals surface area contributed by atoms with Crippen LogP contribution >= 0.6 is 11.3 Å². The summed E-state index contributed by atoms with van der Waals surface area (Å²) in [5.74, 6) is -5.45. The van der Waals surface area contributed by atoms with Crippen molar-refractivity contribution in [2.24, 2.45) is 13.0 Å². The van der Waals surface area contributed by atoms with E-state index in [2.05, 4.69) is 35.4 Å². The van der Waals surface area contributed by atoms with E-state index in [1.807, 2.05) is 0 Å². The summed E-state index contributed by atoms with van der Waals surface area (Å²) >= 11 is 1.02. The smallest absolute Gasteiger partial charge is 0.388 e. The second-order valence-corrected chi connectivity index (χ2v) is 13.3. The number of thiophene rings is 1. The van der Waals surface area contributed by atoms with Crippen LogP contribution < -0.4 is 20.1 Å². The van der Waals surface area contributed by atoms with E-state index in [1.54, 1.807) is 4.57 Å². The van der Waals surface area contributed by atoms with E-state index in [-0.39, 0.29) is 52.8 Å². The maximum atomic E-state index is 13.6. The zero-order chi connectivity index (χ0) is 30.0. The summed E-state index contributed by atoms with van der Waals surface area (Å²) in [5.41, 5.74) is 0.408. The summed E-state index contributed by atoms with van der Waals surface area (Å²) in [5, 5.41) is 17.2. The maximum Gasteiger partial charge on any atom is 0.388 e. The number of rotatable bonds is 10. The number of aromatic nitrogens is 5. The van der Waals surface area contributed by atoms with Gasteiger partial charge in [0.2, 0.25) is 27.8 Å². The Morgan fingerprint density at radius 2 is 2.02 bits per heavy atom. The summed E-state index contributed by atoms with van der Waals surface area (Å²) in [6.45, 7) is -3.06. The van der Waals surface area contributed by atoms with Crippen LogP contribution in [0.25, 0.3) is 0 Å². The quantitative estimate of drug-likeness (QED) is 0.287. The molecule has 3 heterocycles. The van der Waals surface area contributed by atoms with Gasteiger partial charge in [0.1, 0.15) is 34.1 Å². The molecule has 0 aromatic carbocycles. The number of carbonyl (C=O) groups is 1. The molecule has 3 aromatic rings. The molecule has 1 amide bonds. The highest BCUT2D eigenvalue weighted by molar-refractivity contribution is 7.90. The summed E-state index contributed by atoms with van der Waals surface area (Å²) < 4.78 is 103. The molecular formula is C23H25F5N8O4S2. The molecule has 0 saturated heterocycles. The predicted molar refractivity (Wildman–Crippen MR) is 138 cm³/mol. The standard InChI is InChI=1S/C23H25F5N8O4S2/c1-35-16(7-17(33-35)40-21(25)26)30-22-32-29-9-36(22)12-2-3-15-13(6-12)18(42(38,39)34-11-4-10(24)5-11)20(41-15)31-19(37)14-8-23(14,27)28/h7,9-12,14,21,34H,2-6,8H2,1H3,(H,30,32)(H,31,37)/t10?,11?,12-,14-/m0/s1. The Morgan fingerprint density at radius 3 is 2.69 bits per heavy atom. The van der Waals surface area contributed by atoms with Crippen LogP contribution in [0.5, 0.6) is 5.88 Å². The highest BCUT2D eigenvalue weighted by Gasteiger charge is 2.61. The van der Waals surface area contributed by atoms with Crippen LogP contribution in [0.2, 0.25) is 0 Å². The first kappa shape index (κ1) is 28.8. The fourth-order valence-corrected chi connectivity index (χ4v) is 8.42. The van der Waals surface area contributed by atoms with Crippen LogP contribution in [0, 0.1) is 5.92 Å². The molecule has 0 radical (unpaired) electrons. The molecule has 0 bridgehead atoms. The Labute approximate surface area is 239 Å². The lowest BCUT2D eigenvalue weighted by Crippen LogP contribution is -2.45. The number of ether oxygens (including phenoxy) is 1. The van der Waals surface area contributed by atoms with E-state index in [0.29, 0.717) is 23.3 Å². The molecule has 3 N–H and O–H groups in total. The highest BCUT2D eigenvalue weighted by Crippen LogP contribution is 2.50. The van der Waals surface area contributed by atoms with E-state index < -0.39 is 53.0 Å². The lowest BCUT2D eigenvalue weighted by atomic mass is 9.92. The van der Waals surface area contributed by atoms with Crippen molar-refractivity contribution in [2.45, 2.75) is 74.2 Å². The SMILES string of the molecule is Cn1nc(OC(F)F)cc1Nc1nncn1[C@H]1CCc2sc(NC(=O)[C@@H]3CC3(F)F)c(S(=O)(=O)NC3CC(F)C3)c2C1. The third kappa shape index (κ3) is 5.56. The summed E-state index contributed by atoms with van der Waals surface area (Å²) in [6, 6.07) is 0.252. The lowest BCUT2D eigenvalue weighted by Gasteiger charge is -2.30. The van der Waals surface area contributed by atoms with Crippen molar-refractivity contribution in [3.8, 4) is 5.88 Å². The predicted octanol–water partition coefficient (Wildman–Crippen LogP) is 3.52. The first-order chi connectivity index (χ1) is 19.8. The molecule has 3 aromatic heterocycles. The van der Waals surface area contributed by atoms with Crippen LogP contribution in [0.4, 0.5) is 38.7 Å². The number of sulfonamides is 1. The summed E-state index contributed by atoms with van der Waals surface area (Å²) in [4.78, 5) is 13.0. The zero-order valence-electron chi connectivity index (χ0n) is 21.9. The van der Waals surface area contributed by atoms with Crippen LogP contribution in [0.1, 0.15) is 42.2 Å². The zero-order valence-corrected chi connectivity index (χ0v) is 23.5.